The van der Waals surface area contributed by atoms with Gasteiger partial charge < -0.3 is 10.4 Å². The molecule has 0 aliphatic heterocycles. The highest BCUT2D eigenvalue weighted by Crippen LogP contribution is 2.11. The Bertz CT molecular complexity index is 656. The zero-order valence-corrected chi connectivity index (χ0v) is 13.7. The van der Waals surface area contributed by atoms with Crippen LogP contribution in [0.1, 0.15) is 30.4 Å². The average Bonchev–Trinajstić information content (AvgIpc) is 2.43. The Kier molecular flexibility index (Phi) is 7.18. The first-order chi connectivity index (χ1) is 10.7. The van der Waals surface area contributed by atoms with Gasteiger partial charge in [-0.1, -0.05) is 24.3 Å². The molecule has 0 aliphatic carbocycles. The van der Waals surface area contributed by atoms with Crippen LogP contribution in [-0.4, -0.2) is 41.7 Å². The number of hydrogen-bond donors (Lipinski definition) is 3. The first-order valence-electron chi connectivity index (χ1n) is 7.21. The molecule has 0 bridgehead atoms. The second kappa shape index (κ2) is 8.64. The molecule has 0 saturated heterocycles. The number of rotatable bonds is 9. The first kappa shape index (κ1) is 19.1. The standard InChI is InChI=1S/C15H21NO6S/c1-11-6-2-3-7-12(11)8-4-5-9-14(17)16-13(15(18)19)10-23(20,21)22/h2-3,6-7,13H,4-5,8-10H2,1H3,(H,16,17)(H,18,19)(H,20,21,22)/t13-/m0/s1. The van der Waals surface area contributed by atoms with Gasteiger partial charge >= 0.3 is 5.97 Å². The van der Waals surface area contributed by atoms with Crippen LogP contribution < -0.4 is 5.32 Å². The molecule has 1 atom stereocenters. The third kappa shape index (κ3) is 7.75. The molecule has 0 fully saturated rings. The number of carbonyl (C=O) groups is 2. The topological polar surface area (TPSA) is 121 Å². The molecule has 8 heteroatoms. The molecule has 23 heavy (non-hydrogen) atoms. The van der Waals surface area contributed by atoms with E-state index in [4.69, 9.17) is 9.66 Å². The molecule has 1 rings (SSSR count). The summed E-state index contributed by atoms with van der Waals surface area (Å²) in [5.74, 6) is -3.10. The molecule has 0 saturated carbocycles. The molecule has 0 aromatic heterocycles. The van der Waals surface area contributed by atoms with Crippen molar-refractivity contribution in [2.45, 2.75) is 38.6 Å². The molecule has 0 radical (unpaired) electrons. The van der Waals surface area contributed by atoms with Crippen LogP contribution in [0.2, 0.25) is 0 Å². The van der Waals surface area contributed by atoms with Gasteiger partial charge in [-0.2, -0.15) is 8.42 Å². The van der Waals surface area contributed by atoms with Crippen LogP contribution >= 0.6 is 0 Å². The zero-order chi connectivity index (χ0) is 17.5. The van der Waals surface area contributed by atoms with Crippen LogP contribution in [0, 0.1) is 6.92 Å². The number of aliphatic carboxylic acids is 1. The fourth-order valence-electron chi connectivity index (χ4n) is 2.14. The number of aryl methyl sites for hydroxylation is 2. The Morgan fingerprint density at radius 2 is 1.87 bits per heavy atom. The number of benzene rings is 1. The molecule has 1 aromatic carbocycles. The van der Waals surface area contributed by atoms with Crippen molar-refractivity contribution in [2.75, 3.05) is 5.75 Å². The van der Waals surface area contributed by atoms with Gasteiger partial charge in [0.15, 0.2) is 0 Å². The highest BCUT2D eigenvalue weighted by Gasteiger charge is 2.25. The van der Waals surface area contributed by atoms with Crippen molar-refractivity contribution in [3.05, 3.63) is 35.4 Å². The van der Waals surface area contributed by atoms with Gasteiger partial charge in [-0.3, -0.25) is 9.35 Å². The number of carbonyl (C=O) groups excluding carboxylic acids is 1. The summed E-state index contributed by atoms with van der Waals surface area (Å²) in [5.41, 5.74) is 2.37. The van der Waals surface area contributed by atoms with E-state index in [1.807, 2.05) is 31.2 Å². The molecule has 0 unspecified atom stereocenters. The lowest BCUT2D eigenvalue weighted by molar-refractivity contribution is -0.141. The van der Waals surface area contributed by atoms with E-state index in [0.29, 0.717) is 6.42 Å². The zero-order valence-electron chi connectivity index (χ0n) is 12.9. The maximum Gasteiger partial charge on any atom is 0.327 e. The smallest absolute Gasteiger partial charge is 0.327 e. The van der Waals surface area contributed by atoms with E-state index in [0.717, 1.165) is 12.8 Å². The van der Waals surface area contributed by atoms with E-state index < -0.39 is 33.8 Å². The Balaban J connectivity index is 2.38. The molecule has 0 spiro atoms. The summed E-state index contributed by atoms with van der Waals surface area (Å²) in [7, 11) is -4.48. The summed E-state index contributed by atoms with van der Waals surface area (Å²) in [6, 6.07) is 6.28. The molecular formula is C15H21NO6S. The molecule has 128 valence electrons. The van der Waals surface area contributed by atoms with Crippen LogP contribution in [0.25, 0.3) is 0 Å². The van der Waals surface area contributed by atoms with Crippen LogP contribution in [0.15, 0.2) is 24.3 Å². The third-order valence-electron chi connectivity index (χ3n) is 3.37. The molecule has 0 heterocycles. The first-order valence-corrected chi connectivity index (χ1v) is 8.82. The van der Waals surface area contributed by atoms with Crippen molar-refractivity contribution in [3.8, 4) is 0 Å². The minimum Gasteiger partial charge on any atom is -0.480 e. The maximum atomic E-state index is 11.7. The van der Waals surface area contributed by atoms with E-state index in [9.17, 15) is 18.0 Å². The van der Waals surface area contributed by atoms with Crippen molar-refractivity contribution in [2.24, 2.45) is 0 Å². The van der Waals surface area contributed by atoms with Crippen molar-refractivity contribution in [1.82, 2.24) is 5.32 Å². The van der Waals surface area contributed by atoms with E-state index in [2.05, 4.69) is 5.32 Å². The number of carboxylic acids is 1. The fourth-order valence-corrected chi connectivity index (χ4v) is 2.79. The minimum absolute atomic E-state index is 0.0984. The minimum atomic E-state index is -4.48. The van der Waals surface area contributed by atoms with Crippen LogP contribution in [0.5, 0.6) is 0 Å². The summed E-state index contributed by atoms with van der Waals surface area (Å²) in [5, 5.41) is 11.0. The van der Waals surface area contributed by atoms with Crippen LogP contribution in [0.3, 0.4) is 0 Å². The number of carboxylic acid groups (broad SMARTS) is 1. The Morgan fingerprint density at radius 1 is 1.22 bits per heavy atom. The summed E-state index contributed by atoms with van der Waals surface area (Å²) >= 11 is 0. The largest absolute Gasteiger partial charge is 0.480 e. The van der Waals surface area contributed by atoms with Gasteiger partial charge in [-0.05, 0) is 37.3 Å². The van der Waals surface area contributed by atoms with E-state index in [-0.39, 0.29) is 6.42 Å². The van der Waals surface area contributed by atoms with E-state index in [1.165, 1.54) is 11.1 Å². The Morgan fingerprint density at radius 3 is 2.43 bits per heavy atom. The SMILES string of the molecule is Cc1ccccc1CCCCC(=O)N[C@@H](CS(=O)(=O)O)C(=O)O. The second-order valence-electron chi connectivity index (χ2n) is 5.34. The summed E-state index contributed by atoms with van der Waals surface area (Å²) in [4.78, 5) is 22.5. The maximum absolute atomic E-state index is 11.7. The molecule has 3 N–H and O–H groups in total. The Labute approximate surface area is 135 Å². The van der Waals surface area contributed by atoms with Crippen molar-refractivity contribution < 1.29 is 27.7 Å². The molecule has 1 aromatic rings. The van der Waals surface area contributed by atoms with E-state index in [1.54, 1.807) is 0 Å². The number of nitrogens with one attached hydrogen (secondary N) is 1. The van der Waals surface area contributed by atoms with E-state index >= 15 is 0 Å². The van der Waals surface area contributed by atoms with Crippen LogP contribution in [-0.2, 0) is 26.1 Å². The van der Waals surface area contributed by atoms with Gasteiger partial charge in [0.1, 0.15) is 11.8 Å². The van der Waals surface area contributed by atoms with Gasteiger partial charge in [0.2, 0.25) is 5.91 Å². The lowest BCUT2D eigenvalue weighted by Crippen LogP contribution is -2.45. The van der Waals surface area contributed by atoms with Crippen molar-refractivity contribution in [3.63, 3.8) is 0 Å². The normalized spacial score (nSPS) is 12.6. The number of unbranched alkanes of at least 4 members (excludes halogenated alkanes) is 1. The second-order valence-corrected chi connectivity index (χ2v) is 6.84. The summed E-state index contributed by atoms with van der Waals surface area (Å²) in [6.45, 7) is 2.01. The van der Waals surface area contributed by atoms with Gasteiger partial charge in [-0.15, -0.1) is 0 Å². The molecule has 7 nitrogen and oxygen atoms in total. The van der Waals surface area contributed by atoms with Gasteiger partial charge in [0.25, 0.3) is 10.1 Å². The lowest BCUT2D eigenvalue weighted by atomic mass is 10.0. The number of amides is 1. The number of hydrogen-bond acceptors (Lipinski definition) is 4. The predicted molar refractivity (Wildman–Crippen MR) is 84.7 cm³/mol. The molecular weight excluding hydrogens is 322 g/mol. The lowest BCUT2D eigenvalue weighted by Gasteiger charge is -2.13. The van der Waals surface area contributed by atoms with Crippen molar-refractivity contribution in [1.29, 1.82) is 0 Å². The Hall–Kier alpha value is -1.93. The summed E-state index contributed by atoms with van der Waals surface area (Å²) in [6.07, 6.45) is 2.22. The van der Waals surface area contributed by atoms with Gasteiger partial charge in [-0.25, -0.2) is 4.79 Å². The average molecular weight is 343 g/mol. The van der Waals surface area contributed by atoms with Gasteiger partial charge in [0, 0.05) is 6.42 Å². The quantitative estimate of drug-likeness (QED) is 0.457. The summed E-state index contributed by atoms with van der Waals surface area (Å²) < 4.78 is 30.1. The fraction of sp³-hybridized carbons (Fsp3) is 0.467. The highest BCUT2D eigenvalue weighted by molar-refractivity contribution is 7.85. The highest BCUT2D eigenvalue weighted by atomic mass is 32.2. The monoisotopic (exact) mass is 343 g/mol. The van der Waals surface area contributed by atoms with Gasteiger partial charge in [0.05, 0.1) is 0 Å². The molecule has 0 aliphatic rings. The van der Waals surface area contributed by atoms with Crippen LogP contribution in [0.4, 0.5) is 0 Å². The molecule has 1 amide bonds. The third-order valence-corrected chi connectivity index (χ3v) is 4.13. The predicted octanol–water partition coefficient (Wildman–Crippen LogP) is 1.17. The van der Waals surface area contributed by atoms with Crippen molar-refractivity contribution >= 4 is 22.0 Å².